The highest BCUT2D eigenvalue weighted by Crippen LogP contribution is 2.22. The molecule has 2 N–H and O–H groups in total. The van der Waals surface area contributed by atoms with E-state index in [4.69, 9.17) is 18.0 Å². The smallest absolute Gasteiger partial charge is 0.129 e. The normalized spacial score (nSPS) is 10.5. The van der Waals surface area contributed by atoms with Gasteiger partial charge in [0.2, 0.25) is 0 Å². The second-order valence-corrected chi connectivity index (χ2v) is 4.36. The molecule has 4 heteroatoms. The molecule has 17 heavy (non-hydrogen) atoms. The molecule has 3 nitrogen and oxygen atoms in total. The van der Waals surface area contributed by atoms with Crippen LogP contribution in [-0.2, 0) is 0 Å². The van der Waals surface area contributed by atoms with E-state index in [2.05, 4.69) is 16.8 Å². The van der Waals surface area contributed by atoms with Crippen LogP contribution >= 0.6 is 12.2 Å². The van der Waals surface area contributed by atoms with Crippen molar-refractivity contribution in [3.63, 3.8) is 0 Å². The number of hydrogen-bond donors (Lipinski definition) is 1. The highest BCUT2D eigenvalue weighted by Gasteiger charge is 2.09. The van der Waals surface area contributed by atoms with Crippen molar-refractivity contribution in [3.8, 4) is 0 Å². The van der Waals surface area contributed by atoms with Gasteiger partial charge in [-0.1, -0.05) is 30.4 Å². The van der Waals surface area contributed by atoms with Gasteiger partial charge in [0.15, 0.2) is 0 Å². The van der Waals surface area contributed by atoms with Crippen molar-refractivity contribution in [2.75, 3.05) is 18.5 Å². The third-order valence-corrected chi connectivity index (χ3v) is 3.05. The van der Waals surface area contributed by atoms with Crippen LogP contribution in [0.4, 0.5) is 5.82 Å². The Balaban J connectivity index is 2.71. The minimum atomic E-state index is 0.411. The molecule has 0 saturated heterocycles. The van der Waals surface area contributed by atoms with E-state index in [1.165, 1.54) is 0 Å². The van der Waals surface area contributed by atoms with Crippen LogP contribution in [0.1, 0.15) is 12.5 Å². The van der Waals surface area contributed by atoms with Gasteiger partial charge >= 0.3 is 0 Å². The summed E-state index contributed by atoms with van der Waals surface area (Å²) in [7, 11) is 2.00. The van der Waals surface area contributed by atoms with Gasteiger partial charge in [-0.3, -0.25) is 0 Å². The number of thiocarbonyl (C=S) groups is 1. The summed E-state index contributed by atoms with van der Waals surface area (Å²) in [6, 6.07) is 9.86. The van der Waals surface area contributed by atoms with Gasteiger partial charge in [0, 0.05) is 24.5 Å². The Hall–Kier alpha value is -1.68. The van der Waals surface area contributed by atoms with Crippen LogP contribution in [0.25, 0.3) is 10.9 Å². The van der Waals surface area contributed by atoms with E-state index in [1.807, 2.05) is 37.4 Å². The van der Waals surface area contributed by atoms with Crippen LogP contribution in [0.3, 0.4) is 0 Å². The number of nitrogens with two attached hydrogens (primary N) is 1. The summed E-state index contributed by atoms with van der Waals surface area (Å²) in [5, 5.41) is 1.01. The van der Waals surface area contributed by atoms with E-state index in [-0.39, 0.29) is 0 Å². The van der Waals surface area contributed by atoms with Gasteiger partial charge in [-0.2, -0.15) is 0 Å². The SMILES string of the molecule is CCN(C)c1cc(C(N)=S)c2ccccc2n1. The Morgan fingerprint density at radius 3 is 2.76 bits per heavy atom. The predicted octanol–water partition coefficient (Wildman–Crippen LogP) is 2.33. The fraction of sp³-hybridized carbons (Fsp3) is 0.231. The van der Waals surface area contributed by atoms with Crippen molar-refractivity contribution >= 4 is 33.9 Å². The summed E-state index contributed by atoms with van der Waals surface area (Å²) in [4.78, 5) is 7.07. The highest BCUT2D eigenvalue weighted by atomic mass is 32.1. The van der Waals surface area contributed by atoms with Crippen LogP contribution in [0.2, 0.25) is 0 Å². The molecule has 0 radical (unpaired) electrons. The van der Waals surface area contributed by atoms with Gasteiger partial charge in [0.1, 0.15) is 10.8 Å². The van der Waals surface area contributed by atoms with E-state index in [0.717, 1.165) is 28.8 Å². The first-order valence-electron chi connectivity index (χ1n) is 5.54. The van der Waals surface area contributed by atoms with Crippen LogP contribution in [0, 0.1) is 0 Å². The minimum absolute atomic E-state index is 0.411. The van der Waals surface area contributed by atoms with E-state index in [0.29, 0.717) is 4.99 Å². The molecule has 1 heterocycles. The maximum atomic E-state index is 5.78. The number of benzene rings is 1. The fourth-order valence-corrected chi connectivity index (χ4v) is 1.89. The number of fused-ring (bicyclic) bond motifs is 1. The Labute approximate surface area is 106 Å². The molecule has 0 bridgehead atoms. The highest BCUT2D eigenvalue weighted by molar-refractivity contribution is 7.80. The molecule has 88 valence electrons. The standard InChI is InChI=1S/C13H15N3S/c1-3-16(2)12-8-10(13(14)17)9-6-4-5-7-11(9)15-12/h4-8H,3H2,1-2H3,(H2,14,17). The second-order valence-electron chi connectivity index (χ2n) is 3.92. The van der Waals surface area contributed by atoms with Crippen molar-refractivity contribution in [1.29, 1.82) is 0 Å². The number of rotatable bonds is 3. The fourth-order valence-electron chi connectivity index (χ4n) is 1.72. The second kappa shape index (κ2) is 4.67. The predicted molar refractivity (Wildman–Crippen MR) is 76.6 cm³/mol. The number of hydrogen-bond acceptors (Lipinski definition) is 3. The molecule has 2 rings (SSSR count). The zero-order chi connectivity index (χ0) is 12.4. The van der Waals surface area contributed by atoms with E-state index in [9.17, 15) is 0 Å². The third kappa shape index (κ3) is 2.22. The molecule has 0 atom stereocenters. The molecule has 0 fully saturated rings. The van der Waals surface area contributed by atoms with E-state index >= 15 is 0 Å². The number of nitrogens with zero attached hydrogens (tertiary/aromatic N) is 2. The van der Waals surface area contributed by atoms with E-state index < -0.39 is 0 Å². The number of pyridine rings is 1. The molecule has 0 aliphatic carbocycles. The lowest BCUT2D eigenvalue weighted by atomic mass is 10.1. The number of para-hydroxylation sites is 1. The maximum absolute atomic E-state index is 5.78. The first-order valence-corrected chi connectivity index (χ1v) is 5.95. The Bertz CT molecular complexity index is 566. The number of anilines is 1. The van der Waals surface area contributed by atoms with Crippen molar-refractivity contribution in [2.45, 2.75) is 6.92 Å². The van der Waals surface area contributed by atoms with Gasteiger partial charge in [-0.05, 0) is 19.1 Å². The molecule has 1 aromatic heterocycles. The zero-order valence-electron chi connectivity index (χ0n) is 9.97. The molecule has 0 saturated carbocycles. The monoisotopic (exact) mass is 245 g/mol. The third-order valence-electron chi connectivity index (χ3n) is 2.83. The van der Waals surface area contributed by atoms with E-state index in [1.54, 1.807) is 0 Å². The molecule has 0 spiro atoms. The van der Waals surface area contributed by atoms with Crippen molar-refractivity contribution in [2.24, 2.45) is 5.73 Å². The van der Waals surface area contributed by atoms with Gasteiger partial charge in [-0.25, -0.2) is 4.98 Å². The van der Waals surface area contributed by atoms with Crippen molar-refractivity contribution < 1.29 is 0 Å². The van der Waals surface area contributed by atoms with Gasteiger partial charge in [-0.15, -0.1) is 0 Å². The van der Waals surface area contributed by atoms with Crippen LogP contribution in [0.15, 0.2) is 30.3 Å². The molecule has 1 aromatic carbocycles. The minimum Gasteiger partial charge on any atom is -0.389 e. The lowest BCUT2D eigenvalue weighted by molar-refractivity contribution is 0.944. The first-order chi connectivity index (χ1) is 8.13. The van der Waals surface area contributed by atoms with Crippen LogP contribution in [-0.4, -0.2) is 23.6 Å². The Morgan fingerprint density at radius 1 is 1.41 bits per heavy atom. The van der Waals surface area contributed by atoms with Gasteiger partial charge in [0.05, 0.1) is 5.52 Å². The summed E-state index contributed by atoms with van der Waals surface area (Å²) in [6.45, 7) is 2.97. The topological polar surface area (TPSA) is 42.1 Å². The average molecular weight is 245 g/mol. The summed E-state index contributed by atoms with van der Waals surface area (Å²) in [5.74, 6) is 0.897. The Kier molecular flexibility index (Phi) is 3.24. The summed E-state index contributed by atoms with van der Waals surface area (Å²) >= 11 is 5.10. The van der Waals surface area contributed by atoms with Crippen molar-refractivity contribution in [3.05, 3.63) is 35.9 Å². The maximum Gasteiger partial charge on any atom is 0.129 e. The summed E-state index contributed by atoms with van der Waals surface area (Å²) in [6.07, 6.45) is 0. The largest absolute Gasteiger partial charge is 0.389 e. The first kappa shape index (κ1) is 11.8. The van der Waals surface area contributed by atoms with Crippen molar-refractivity contribution in [1.82, 2.24) is 4.98 Å². The molecule has 0 aliphatic rings. The summed E-state index contributed by atoms with van der Waals surface area (Å²) in [5.41, 5.74) is 7.59. The summed E-state index contributed by atoms with van der Waals surface area (Å²) < 4.78 is 0. The lowest BCUT2D eigenvalue weighted by Gasteiger charge is -2.17. The molecule has 0 aliphatic heterocycles. The molecule has 0 amide bonds. The van der Waals surface area contributed by atoms with Crippen LogP contribution < -0.4 is 10.6 Å². The van der Waals surface area contributed by atoms with Crippen LogP contribution in [0.5, 0.6) is 0 Å². The van der Waals surface area contributed by atoms with Gasteiger partial charge < -0.3 is 10.6 Å². The zero-order valence-corrected chi connectivity index (χ0v) is 10.8. The average Bonchev–Trinajstić information content (AvgIpc) is 2.36. The lowest BCUT2D eigenvalue weighted by Crippen LogP contribution is -2.19. The molecule has 2 aromatic rings. The molecular formula is C13H15N3S. The van der Waals surface area contributed by atoms with Gasteiger partial charge in [0.25, 0.3) is 0 Å². The number of aromatic nitrogens is 1. The molecule has 0 unspecified atom stereocenters. The quantitative estimate of drug-likeness (QED) is 0.843. The Morgan fingerprint density at radius 2 is 2.12 bits per heavy atom. The molecular weight excluding hydrogens is 230 g/mol.